The maximum atomic E-state index is 11.9. The zero-order chi connectivity index (χ0) is 16.8. The Kier molecular flexibility index (Phi) is 6.15. The van der Waals surface area contributed by atoms with Crippen molar-refractivity contribution in [1.82, 2.24) is 10.7 Å². The molecule has 0 spiro atoms. The van der Waals surface area contributed by atoms with Crippen molar-refractivity contribution in [3.8, 4) is 0 Å². The third-order valence-electron chi connectivity index (χ3n) is 2.86. The third kappa shape index (κ3) is 5.06. The van der Waals surface area contributed by atoms with Gasteiger partial charge in [-0.15, -0.1) is 11.3 Å². The molecule has 0 aliphatic heterocycles. The lowest BCUT2D eigenvalue weighted by Crippen LogP contribution is -2.35. The lowest BCUT2D eigenvalue weighted by atomic mass is 10.2. The molecule has 23 heavy (non-hydrogen) atoms. The number of benzene rings is 1. The van der Waals surface area contributed by atoms with E-state index in [1.165, 1.54) is 23.5 Å². The summed E-state index contributed by atoms with van der Waals surface area (Å²) < 4.78 is 0. The second kappa shape index (κ2) is 8.10. The van der Waals surface area contributed by atoms with Gasteiger partial charge < -0.3 is 5.32 Å². The van der Waals surface area contributed by atoms with Crippen LogP contribution < -0.4 is 10.7 Å². The molecule has 120 valence electrons. The third-order valence-corrected chi connectivity index (χ3v) is 4.36. The highest BCUT2D eigenvalue weighted by molar-refractivity contribution is 7.11. The molecule has 0 radical (unpaired) electrons. The molecular formula is C15H13Cl2N3O2S. The number of hydrazone groups is 1. The van der Waals surface area contributed by atoms with Gasteiger partial charge in [-0.2, -0.15) is 5.10 Å². The van der Waals surface area contributed by atoms with E-state index in [1.54, 1.807) is 12.3 Å². The van der Waals surface area contributed by atoms with Crippen LogP contribution in [0.4, 0.5) is 0 Å². The zero-order valence-electron chi connectivity index (χ0n) is 12.1. The van der Waals surface area contributed by atoms with Gasteiger partial charge in [0.25, 0.3) is 11.8 Å². The highest BCUT2D eigenvalue weighted by Gasteiger charge is 2.11. The van der Waals surface area contributed by atoms with Gasteiger partial charge in [-0.25, -0.2) is 5.43 Å². The van der Waals surface area contributed by atoms with Gasteiger partial charge in [0.15, 0.2) is 0 Å². The van der Waals surface area contributed by atoms with E-state index in [1.807, 2.05) is 18.4 Å². The number of hydrogen-bond donors (Lipinski definition) is 2. The van der Waals surface area contributed by atoms with Crippen LogP contribution >= 0.6 is 34.5 Å². The van der Waals surface area contributed by atoms with Crippen LogP contribution in [0.1, 0.15) is 20.8 Å². The van der Waals surface area contributed by atoms with E-state index in [0.717, 1.165) is 10.4 Å². The standard InChI is InChI=1S/C15H13Cl2N3O2S/c1-9-4-5-23-13(9)7-19-20-14(21)8-18-15(22)11-3-2-10(16)6-12(11)17/h2-7H,8H2,1H3,(H,18,22)(H,20,21)/b19-7-. The highest BCUT2D eigenvalue weighted by Crippen LogP contribution is 2.20. The lowest BCUT2D eigenvalue weighted by molar-refractivity contribution is -0.120. The number of rotatable bonds is 5. The molecule has 0 fully saturated rings. The fraction of sp³-hybridized carbons (Fsp3) is 0.133. The number of hydrogen-bond acceptors (Lipinski definition) is 4. The van der Waals surface area contributed by atoms with Crippen molar-refractivity contribution >= 4 is 52.6 Å². The maximum Gasteiger partial charge on any atom is 0.259 e. The Labute approximate surface area is 147 Å². The maximum absolute atomic E-state index is 11.9. The Morgan fingerprint density at radius 1 is 1.30 bits per heavy atom. The number of nitrogens with one attached hydrogen (secondary N) is 2. The number of halogens is 2. The summed E-state index contributed by atoms with van der Waals surface area (Å²) in [7, 11) is 0. The topological polar surface area (TPSA) is 70.6 Å². The highest BCUT2D eigenvalue weighted by atomic mass is 35.5. The second-order valence-corrected chi connectivity index (χ2v) is 6.36. The van der Waals surface area contributed by atoms with Crippen LogP contribution in [-0.2, 0) is 4.79 Å². The van der Waals surface area contributed by atoms with E-state index in [2.05, 4.69) is 15.8 Å². The van der Waals surface area contributed by atoms with Gasteiger partial charge in [-0.3, -0.25) is 9.59 Å². The summed E-state index contributed by atoms with van der Waals surface area (Å²) in [5.41, 5.74) is 3.68. The first-order chi connectivity index (χ1) is 11.0. The first-order valence-corrected chi connectivity index (χ1v) is 8.20. The van der Waals surface area contributed by atoms with Crippen molar-refractivity contribution in [3.63, 3.8) is 0 Å². The predicted molar refractivity (Wildman–Crippen MR) is 93.6 cm³/mol. The van der Waals surface area contributed by atoms with Crippen LogP contribution in [0, 0.1) is 6.92 Å². The Morgan fingerprint density at radius 2 is 2.09 bits per heavy atom. The number of thiophene rings is 1. The smallest absolute Gasteiger partial charge is 0.259 e. The largest absolute Gasteiger partial charge is 0.343 e. The minimum atomic E-state index is -0.458. The minimum Gasteiger partial charge on any atom is -0.343 e. The summed E-state index contributed by atoms with van der Waals surface area (Å²) >= 11 is 13.2. The van der Waals surface area contributed by atoms with E-state index in [-0.39, 0.29) is 17.1 Å². The lowest BCUT2D eigenvalue weighted by Gasteiger charge is -2.06. The quantitative estimate of drug-likeness (QED) is 0.627. The molecule has 2 N–H and O–H groups in total. The predicted octanol–water partition coefficient (Wildman–Crippen LogP) is 3.24. The van der Waals surface area contributed by atoms with Crippen LogP contribution in [0.25, 0.3) is 0 Å². The fourth-order valence-electron chi connectivity index (χ4n) is 1.65. The Morgan fingerprint density at radius 3 is 2.74 bits per heavy atom. The van der Waals surface area contributed by atoms with Crippen molar-refractivity contribution < 1.29 is 9.59 Å². The Balaban J connectivity index is 1.83. The molecule has 0 unspecified atom stereocenters. The Hall–Kier alpha value is -1.89. The van der Waals surface area contributed by atoms with Gasteiger partial charge >= 0.3 is 0 Å². The van der Waals surface area contributed by atoms with Crippen molar-refractivity contribution in [2.75, 3.05) is 6.54 Å². The van der Waals surface area contributed by atoms with Crippen molar-refractivity contribution in [2.45, 2.75) is 6.92 Å². The van der Waals surface area contributed by atoms with Crippen LogP contribution in [-0.4, -0.2) is 24.6 Å². The van der Waals surface area contributed by atoms with Gasteiger partial charge in [0, 0.05) is 9.90 Å². The molecule has 0 saturated carbocycles. The number of carbonyl (C=O) groups excluding carboxylic acids is 2. The average molecular weight is 370 g/mol. The molecule has 0 saturated heterocycles. The molecule has 0 atom stereocenters. The van der Waals surface area contributed by atoms with Gasteiger partial charge in [-0.1, -0.05) is 23.2 Å². The Bertz CT molecular complexity index is 759. The first kappa shape index (κ1) is 17.5. The number of aryl methyl sites for hydroxylation is 1. The molecule has 1 aromatic heterocycles. The zero-order valence-corrected chi connectivity index (χ0v) is 14.4. The van der Waals surface area contributed by atoms with Crippen LogP contribution in [0.3, 0.4) is 0 Å². The SMILES string of the molecule is Cc1ccsc1/C=N\NC(=O)CNC(=O)c1ccc(Cl)cc1Cl. The molecule has 2 amide bonds. The van der Waals surface area contributed by atoms with Crippen LogP contribution in [0.2, 0.25) is 10.0 Å². The summed E-state index contributed by atoms with van der Waals surface area (Å²) in [6.45, 7) is 1.74. The summed E-state index contributed by atoms with van der Waals surface area (Å²) in [5, 5.41) is 8.91. The normalized spacial score (nSPS) is 10.7. The molecule has 0 aliphatic carbocycles. The molecule has 1 aromatic carbocycles. The summed E-state index contributed by atoms with van der Waals surface area (Å²) in [6, 6.07) is 6.47. The molecule has 0 bridgehead atoms. The van der Waals surface area contributed by atoms with E-state index in [4.69, 9.17) is 23.2 Å². The van der Waals surface area contributed by atoms with Crippen molar-refractivity contribution in [2.24, 2.45) is 5.10 Å². The van der Waals surface area contributed by atoms with Gasteiger partial charge in [-0.05, 0) is 42.1 Å². The van der Waals surface area contributed by atoms with Crippen LogP contribution in [0.15, 0.2) is 34.7 Å². The van der Waals surface area contributed by atoms with Crippen molar-refractivity contribution in [3.05, 3.63) is 55.7 Å². The summed E-state index contributed by atoms with van der Waals surface area (Å²) in [4.78, 5) is 24.5. The summed E-state index contributed by atoms with van der Waals surface area (Å²) in [5.74, 6) is -0.895. The van der Waals surface area contributed by atoms with Gasteiger partial charge in [0.2, 0.25) is 0 Å². The number of nitrogens with zero attached hydrogens (tertiary/aromatic N) is 1. The van der Waals surface area contributed by atoms with E-state index < -0.39 is 11.8 Å². The van der Waals surface area contributed by atoms with Gasteiger partial charge in [0.05, 0.1) is 23.3 Å². The molecule has 2 rings (SSSR count). The molecule has 2 aromatic rings. The molecular weight excluding hydrogens is 357 g/mol. The summed E-state index contributed by atoms with van der Waals surface area (Å²) in [6.07, 6.45) is 1.57. The molecule has 0 aliphatic rings. The monoisotopic (exact) mass is 369 g/mol. The van der Waals surface area contributed by atoms with Gasteiger partial charge in [0.1, 0.15) is 0 Å². The molecule has 8 heteroatoms. The first-order valence-electron chi connectivity index (χ1n) is 6.56. The van der Waals surface area contributed by atoms with Crippen LogP contribution in [0.5, 0.6) is 0 Å². The minimum absolute atomic E-state index is 0.210. The van der Waals surface area contributed by atoms with E-state index >= 15 is 0 Å². The van der Waals surface area contributed by atoms with Crippen molar-refractivity contribution in [1.29, 1.82) is 0 Å². The van der Waals surface area contributed by atoms with E-state index in [0.29, 0.717) is 5.02 Å². The molecule has 5 nitrogen and oxygen atoms in total. The number of carbonyl (C=O) groups is 2. The fourth-order valence-corrected chi connectivity index (χ4v) is 2.93. The molecule has 1 heterocycles. The average Bonchev–Trinajstić information content (AvgIpc) is 2.90. The van der Waals surface area contributed by atoms with E-state index in [9.17, 15) is 9.59 Å². The second-order valence-electron chi connectivity index (χ2n) is 4.57. The number of amides is 2.